The molecular weight excluding hydrogens is 320 g/mol. The molecule has 1 aromatic carbocycles. The zero-order valence-corrected chi connectivity index (χ0v) is 15.0. The van der Waals surface area contributed by atoms with Crippen molar-refractivity contribution in [3.8, 4) is 11.3 Å². The van der Waals surface area contributed by atoms with Gasteiger partial charge in [-0.1, -0.05) is 31.4 Å². The van der Waals surface area contributed by atoms with Crippen LogP contribution in [0, 0.1) is 6.92 Å². The van der Waals surface area contributed by atoms with Crippen molar-refractivity contribution in [3.05, 3.63) is 59.9 Å². The summed E-state index contributed by atoms with van der Waals surface area (Å²) < 4.78 is 6.26. The summed E-state index contributed by atoms with van der Waals surface area (Å²) in [6, 6.07) is 14.8. The van der Waals surface area contributed by atoms with E-state index in [-0.39, 0.29) is 0 Å². The van der Waals surface area contributed by atoms with E-state index in [4.69, 9.17) is 9.40 Å². The minimum absolute atomic E-state index is 0.583. The molecule has 26 heavy (non-hydrogen) atoms. The molecule has 0 N–H and O–H groups in total. The summed E-state index contributed by atoms with van der Waals surface area (Å²) in [5, 5.41) is 2.21. The molecule has 5 rings (SSSR count). The number of hydrogen-bond acceptors (Lipinski definition) is 3. The van der Waals surface area contributed by atoms with Crippen molar-refractivity contribution in [3.63, 3.8) is 0 Å². The minimum atomic E-state index is 0.583. The molecule has 0 radical (unpaired) electrons. The van der Waals surface area contributed by atoms with Crippen LogP contribution in [-0.2, 0) is 0 Å². The Kier molecular flexibility index (Phi) is 3.74. The van der Waals surface area contributed by atoms with E-state index in [2.05, 4.69) is 48.3 Å². The van der Waals surface area contributed by atoms with Crippen molar-refractivity contribution in [1.82, 2.24) is 9.97 Å². The number of para-hydroxylation sites is 1. The number of rotatable bonds is 2. The molecule has 0 bridgehead atoms. The van der Waals surface area contributed by atoms with Gasteiger partial charge in [0.1, 0.15) is 5.58 Å². The van der Waals surface area contributed by atoms with Crippen LogP contribution in [0.1, 0.15) is 49.3 Å². The Hall–Kier alpha value is -2.68. The molecule has 0 amide bonds. The average Bonchev–Trinajstić information content (AvgIpc) is 3.06. The third kappa shape index (κ3) is 2.59. The molecule has 1 aliphatic carbocycles. The molecular formula is C23H22N2O. The summed E-state index contributed by atoms with van der Waals surface area (Å²) in [6.07, 6.45) is 8.33. The Morgan fingerprint density at radius 1 is 0.962 bits per heavy atom. The van der Waals surface area contributed by atoms with Crippen molar-refractivity contribution in [2.24, 2.45) is 0 Å². The molecule has 130 valence electrons. The van der Waals surface area contributed by atoms with Crippen LogP contribution >= 0.6 is 0 Å². The molecule has 4 aromatic rings. The van der Waals surface area contributed by atoms with Gasteiger partial charge in [-0.25, -0.2) is 4.98 Å². The Morgan fingerprint density at radius 3 is 2.69 bits per heavy atom. The summed E-state index contributed by atoms with van der Waals surface area (Å²) >= 11 is 0. The van der Waals surface area contributed by atoms with Crippen molar-refractivity contribution >= 4 is 22.1 Å². The van der Waals surface area contributed by atoms with Crippen LogP contribution in [-0.4, -0.2) is 9.97 Å². The van der Waals surface area contributed by atoms with Gasteiger partial charge in [0.05, 0.1) is 5.69 Å². The molecule has 3 nitrogen and oxygen atoms in total. The van der Waals surface area contributed by atoms with Crippen LogP contribution in [0.3, 0.4) is 0 Å². The molecule has 0 aliphatic heterocycles. The van der Waals surface area contributed by atoms with Crippen LogP contribution in [0.25, 0.3) is 33.3 Å². The molecule has 0 spiro atoms. The minimum Gasteiger partial charge on any atom is -0.437 e. The van der Waals surface area contributed by atoms with E-state index in [1.54, 1.807) is 0 Å². The van der Waals surface area contributed by atoms with Gasteiger partial charge < -0.3 is 4.42 Å². The summed E-state index contributed by atoms with van der Waals surface area (Å²) in [4.78, 5) is 9.44. The highest BCUT2D eigenvalue weighted by atomic mass is 16.3. The van der Waals surface area contributed by atoms with Crippen molar-refractivity contribution in [2.45, 2.75) is 44.9 Å². The number of hydrogen-bond donors (Lipinski definition) is 0. The van der Waals surface area contributed by atoms with E-state index in [1.165, 1.54) is 43.4 Å². The molecule has 1 fully saturated rings. The lowest BCUT2D eigenvalue weighted by atomic mass is 9.86. The van der Waals surface area contributed by atoms with Gasteiger partial charge in [-0.2, -0.15) is 0 Å². The van der Waals surface area contributed by atoms with Crippen LogP contribution in [0.4, 0.5) is 0 Å². The third-order valence-corrected chi connectivity index (χ3v) is 5.60. The fraction of sp³-hybridized carbons (Fsp3) is 0.304. The van der Waals surface area contributed by atoms with E-state index in [1.807, 2.05) is 12.3 Å². The highest BCUT2D eigenvalue weighted by Crippen LogP contribution is 2.37. The summed E-state index contributed by atoms with van der Waals surface area (Å²) in [5.41, 5.74) is 6.00. The second kappa shape index (κ2) is 6.24. The standard InChI is InChI=1S/C23H22N2O/c1-15-12-13-24-21(14-15)19-9-5-8-17-18-10-11-20(16-6-3-2-4-7-16)25-23(18)26-22(17)19/h5,8-14,16H,2-4,6-7H2,1H3. The SMILES string of the molecule is Cc1ccnc(-c2cccc3c2oc2nc(C4CCCCC4)ccc23)c1. The summed E-state index contributed by atoms with van der Waals surface area (Å²) in [5.74, 6) is 0.583. The van der Waals surface area contributed by atoms with Gasteiger partial charge in [0.25, 0.3) is 0 Å². The molecule has 1 aliphatic rings. The van der Waals surface area contributed by atoms with Gasteiger partial charge in [0.2, 0.25) is 5.71 Å². The first-order valence-corrected chi connectivity index (χ1v) is 9.55. The first-order valence-electron chi connectivity index (χ1n) is 9.55. The van der Waals surface area contributed by atoms with E-state index >= 15 is 0 Å². The van der Waals surface area contributed by atoms with Crippen molar-refractivity contribution < 1.29 is 4.42 Å². The van der Waals surface area contributed by atoms with Crippen LogP contribution in [0.2, 0.25) is 0 Å². The molecule has 3 heteroatoms. The number of pyridine rings is 2. The molecule has 0 saturated heterocycles. The number of furan rings is 1. The lowest BCUT2D eigenvalue weighted by Crippen LogP contribution is -2.06. The number of nitrogens with zero attached hydrogens (tertiary/aromatic N) is 2. The highest BCUT2D eigenvalue weighted by Gasteiger charge is 2.19. The number of aromatic nitrogens is 2. The monoisotopic (exact) mass is 342 g/mol. The quantitative estimate of drug-likeness (QED) is 0.423. The Balaban J connectivity index is 1.67. The van der Waals surface area contributed by atoms with Crippen molar-refractivity contribution in [2.75, 3.05) is 0 Å². The van der Waals surface area contributed by atoms with E-state index in [9.17, 15) is 0 Å². The fourth-order valence-corrected chi connectivity index (χ4v) is 4.20. The van der Waals surface area contributed by atoms with Gasteiger partial charge in [-0.05, 0) is 55.7 Å². The van der Waals surface area contributed by atoms with Crippen LogP contribution in [0.5, 0.6) is 0 Å². The Labute approximate surface area is 153 Å². The Morgan fingerprint density at radius 2 is 1.85 bits per heavy atom. The first-order chi connectivity index (χ1) is 12.8. The second-order valence-electron chi connectivity index (χ2n) is 7.43. The predicted molar refractivity (Wildman–Crippen MR) is 105 cm³/mol. The van der Waals surface area contributed by atoms with Gasteiger partial charge in [-0.15, -0.1) is 0 Å². The van der Waals surface area contributed by atoms with Gasteiger partial charge >= 0.3 is 0 Å². The maximum Gasteiger partial charge on any atom is 0.227 e. The first kappa shape index (κ1) is 15.6. The number of benzene rings is 1. The predicted octanol–water partition coefficient (Wildman–Crippen LogP) is 6.40. The maximum atomic E-state index is 6.26. The topological polar surface area (TPSA) is 38.9 Å². The average molecular weight is 342 g/mol. The lowest BCUT2D eigenvalue weighted by molar-refractivity contribution is 0.436. The van der Waals surface area contributed by atoms with E-state index in [0.717, 1.165) is 33.3 Å². The van der Waals surface area contributed by atoms with E-state index in [0.29, 0.717) is 5.92 Å². The van der Waals surface area contributed by atoms with Gasteiger partial charge in [0.15, 0.2) is 0 Å². The molecule has 3 heterocycles. The maximum absolute atomic E-state index is 6.26. The largest absolute Gasteiger partial charge is 0.437 e. The lowest BCUT2D eigenvalue weighted by Gasteiger charge is -2.20. The fourth-order valence-electron chi connectivity index (χ4n) is 4.20. The Bertz CT molecular complexity index is 1090. The molecule has 0 unspecified atom stereocenters. The zero-order chi connectivity index (χ0) is 17.5. The zero-order valence-electron chi connectivity index (χ0n) is 15.0. The number of aryl methyl sites for hydroxylation is 1. The number of fused-ring (bicyclic) bond motifs is 3. The molecule has 0 atom stereocenters. The van der Waals surface area contributed by atoms with Crippen LogP contribution < -0.4 is 0 Å². The summed E-state index contributed by atoms with van der Waals surface area (Å²) in [6.45, 7) is 2.09. The van der Waals surface area contributed by atoms with E-state index < -0.39 is 0 Å². The smallest absolute Gasteiger partial charge is 0.227 e. The third-order valence-electron chi connectivity index (χ3n) is 5.60. The summed E-state index contributed by atoms with van der Waals surface area (Å²) in [7, 11) is 0. The highest BCUT2D eigenvalue weighted by molar-refractivity contribution is 6.08. The second-order valence-corrected chi connectivity index (χ2v) is 7.43. The normalized spacial score (nSPS) is 15.7. The van der Waals surface area contributed by atoms with Crippen LogP contribution in [0.15, 0.2) is 53.1 Å². The molecule has 3 aromatic heterocycles. The van der Waals surface area contributed by atoms with Gasteiger partial charge in [-0.3, -0.25) is 4.98 Å². The van der Waals surface area contributed by atoms with Gasteiger partial charge in [0, 0.05) is 34.1 Å². The molecule has 1 saturated carbocycles. The van der Waals surface area contributed by atoms with Crippen molar-refractivity contribution in [1.29, 1.82) is 0 Å².